The van der Waals surface area contributed by atoms with Crippen LogP contribution in [0.1, 0.15) is 31.2 Å². The van der Waals surface area contributed by atoms with E-state index in [0.29, 0.717) is 25.9 Å². The molecule has 0 spiro atoms. The molecule has 1 aliphatic rings. The lowest BCUT2D eigenvalue weighted by Gasteiger charge is -2.37. The maximum absolute atomic E-state index is 12.1. The maximum atomic E-state index is 12.1. The van der Waals surface area contributed by atoms with Crippen LogP contribution in [-0.2, 0) is 19.7 Å². The molecule has 0 N–H and O–H groups in total. The number of esters is 1. The van der Waals surface area contributed by atoms with Crippen molar-refractivity contribution in [2.24, 2.45) is 0 Å². The largest absolute Gasteiger partial charge is 0.469 e. The van der Waals surface area contributed by atoms with Gasteiger partial charge in [-0.25, -0.2) is 0 Å². The van der Waals surface area contributed by atoms with Gasteiger partial charge in [0, 0.05) is 19.5 Å². The molecule has 0 radical (unpaired) electrons. The number of methoxy groups -OCH3 is 1. The van der Waals surface area contributed by atoms with Crippen molar-refractivity contribution in [3.63, 3.8) is 0 Å². The van der Waals surface area contributed by atoms with E-state index in [1.807, 2.05) is 30.3 Å². The zero-order valence-electron chi connectivity index (χ0n) is 12.7. The number of carbonyl (C=O) groups excluding carboxylic acids is 2. The van der Waals surface area contributed by atoms with Crippen molar-refractivity contribution in [2.45, 2.75) is 31.1 Å². The van der Waals surface area contributed by atoms with Crippen molar-refractivity contribution in [1.82, 2.24) is 4.90 Å². The summed E-state index contributed by atoms with van der Waals surface area (Å²) in [7, 11) is 1.31. The Morgan fingerprint density at radius 3 is 2.41 bits per heavy atom. The van der Waals surface area contributed by atoms with Crippen molar-refractivity contribution >= 4 is 11.9 Å². The molecule has 1 saturated heterocycles. The molecule has 1 heterocycles. The van der Waals surface area contributed by atoms with Gasteiger partial charge < -0.3 is 9.64 Å². The summed E-state index contributed by atoms with van der Waals surface area (Å²) in [5.74, 6) is -0.425. The molecular weight excluding hydrogens is 280 g/mol. The summed E-state index contributed by atoms with van der Waals surface area (Å²) in [6, 6.07) is 12.2. The van der Waals surface area contributed by atoms with E-state index in [1.165, 1.54) is 7.11 Å². The molecule has 1 aromatic carbocycles. The fourth-order valence-corrected chi connectivity index (χ4v) is 2.83. The van der Waals surface area contributed by atoms with Crippen LogP contribution in [0, 0.1) is 11.3 Å². The lowest BCUT2D eigenvalue weighted by molar-refractivity contribution is -0.144. The Morgan fingerprint density at radius 1 is 1.23 bits per heavy atom. The number of hydrogen-bond donors (Lipinski definition) is 0. The van der Waals surface area contributed by atoms with E-state index in [2.05, 4.69) is 10.8 Å². The van der Waals surface area contributed by atoms with Crippen molar-refractivity contribution in [2.75, 3.05) is 20.2 Å². The topological polar surface area (TPSA) is 70.4 Å². The lowest BCUT2D eigenvalue weighted by atomic mass is 9.74. The number of carbonyl (C=O) groups is 2. The van der Waals surface area contributed by atoms with Crippen molar-refractivity contribution in [1.29, 1.82) is 5.26 Å². The Hall–Kier alpha value is -2.35. The standard InChI is InChI=1S/C17H20N2O3/c1-22-16(21)8-7-15(20)19-11-9-17(13-18,10-12-19)14-5-3-2-4-6-14/h2-6H,7-12H2,1H3. The summed E-state index contributed by atoms with van der Waals surface area (Å²) in [4.78, 5) is 24.9. The molecule has 1 fully saturated rings. The highest BCUT2D eigenvalue weighted by Crippen LogP contribution is 2.35. The number of nitrogens with zero attached hydrogens (tertiary/aromatic N) is 2. The average molecular weight is 300 g/mol. The highest BCUT2D eigenvalue weighted by Gasteiger charge is 2.37. The Bertz CT molecular complexity index is 569. The third-order valence-corrected chi connectivity index (χ3v) is 4.28. The van der Waals surface area contributed by atoms with E-state index in [0.717, 1.165) is 5.56 Å². The molecule has 22 heavy (non-hydrogen) atoms. The number of hydrogen-bond acceptors (Lipinski definition) is 4. The Morgan fingerprint density at radius 2 is 1.86 bits per heavy atom. The first-order chi connectivity index (χ1) is 10.6. The van der Waals surface area contributed by atoms with E-state index >= 15 is 0 Å². The van der Waals surface area contributed by atoms with Gasteiger partial charge in [0.25, 0.3) is 0 Å². The fraction of sp³-hybridized carbons (Fsp3) is 0.471. The number of rotatable bonds is 4. The normalized spacial score (nSPS) is 16.6. The minimum Gasteiger partial charge on any atom is -0.469 e. The van der Waals surface area contributed by atoms with Gasteiger partial charge in [0.05, 0.1) is 25.0 Å². The Kier molecular flexibility index (Phi) is 5.16. The quantitative estimate of drug-likeness (QED) is 0.798. The van der Waals surface area contributed by atoms with Crippen LogP contribution in [0.15, 0.2) is 30.3 Å². The van der Waals surface area contributed by atoms with Gasteiger partial charge in [-0.15, -0.1) is 0 Å². The van der Waals surface area contributed by atoms with E-state index < -0.39 is 5.41 Å². The maximum Gasteiger partial charge on any atom is 0.306 e. The monoisotopic (exact) mass is 300 g/mol. The van der Waals surface area contributed by atoms with Gasteiger partial charge in [0.2, 0.25) is 5.91 Å². The molecule has 1 aromatic rings. The van der Waals surface area contributed by atoms with Gasteiger partial charge >= 0.3 is 5.97 Å². The highest BCUT2D eigenvalue weighted by molar-refractivity contribution is 5.81. The molecule has 1 aliphatic heterocycles. The number of ether oxygens (including phenoxy) is 1. The van der Waals surface area contributed by atoms with Crippen LogP contribution in [-0.4, -0.2) is 37.0 Å². The van der Waals surface area contributed by atoms with E-state index in [1.54, 1.807) is 4.90 Å². The molecule has 0 saturated carbocycles. The van der Waals surface area contributed by atoms with Gasteiger partial charge in [-0.05, 0) is 18.4 Å². The number of benzene rings is 1. The van der Waals surface area contributed by atoms with Gasteiger partial charge in [-0.1, -0.05) is 30.3 Å². The summed E-state index contributed by atoms with van der Waals surface area (Å²) >= 11 is 0. The number of likely N-dealkylation sites (tertiary alicyclic amines) is 1. The third kappa shape index (κ3) is 3.45. The number of piperidine rings is 1. The first-order valence-electron chi connectivity index (χ1n) is 7.43. The zero-order valence-corrected chi connectivity index (χ0v) is 12.7. The van der Waals surface area contributed by atoms with Gasteiger partial charge in [0.1, 0.15) is 0 Å². The molecule has 0 atom stereocenters. The van der Waals surface area contributed by atoms with Crippen LogP contribution in [0.5, 0.6) is 0 Å². The predicted molar refractivity (Wildman–Crippen MR) is 80.8 cm³/mol. The number of nitriles is 1. The van der Waals surface area contributed by atoms with Gasteiger partial charge in [-0.2, -0.15) is 5.26 Å². The molecular formula is C17H20N2O3. The van der Waals surface area contributed by atoms with E-state index in [9.17, 15) is 14.9 Å². The molecule has 5 nitrogen and oxygen atoms in total. The first kappa shape index (κ1) is 16.0. The van der Waals surface area contributed by atoms with E-state index in [-0.39, 0.29) is 24.7 Å². The molecule has 0 aromatic heterocycles. The number of amides is 1. The van der Waals surface area contributed by atoms with Crippen LogP contribution in [0.25, 0.3) is 0 Å². The summed E-state index contributed by atoms with van der Waals surface area (Å²) in [6.07, 6.45) is 1.51. The molecule has 116 valence electrons. The predicted octanol–water partition coefficient (Wildman–Crippen LogP) is 2.02. The van der Waals surface area contributed by atoms with Crippen LogP contribution in [0.2, 0.25) is 0 Å². The zero-order chi connectivity index (χ0) is 16.0. The SMILES string of the molecule is COC(=O)CCC(=O)N1CCC(C#N)(c2ccccc2)CC1. The Balaban J connectivity index is 1.96. The minimum atomic E-state index is -0.514. The molecule has 1 amide bonds. The third-order valence-electron chi connectivity index (χ3n) is 4.28. The van der Waals surface area contributed by atoms with Gasteiger partial charge in [-0.3, -0.25) is 9.59 Å². The molecule has 2 rings (SSSR count). The molecule has 0 unspecified atom stereocenters. The van der Waals surface area contributed by atoms with Crippen LogP contribution in [0.3, 0.4) is 0 Å². The Labute approximate surface area is 130 Å². The van der Waals surface area contributed by atoms with Crippen molar-refractivity contribution in [3.8, 4) is 6.07 Å². The van der Waals surface area contributed by atoms with Crippen molar-refractivity contribution < 1.29 is 14.3 Å². The average Bonchev–Trinajstić information content (AvgIpc) is 2.60. The summed E-state index contributed by atoms with van der Waals surface area (Å²) in [6.45, 7) is 1.09. The van der Waals surface area contributed by atoms with Crippen LogP contribution < -0.4 is 0 Å². The second-order valence-electron chi connectivity index (χ2n) is 5.52. The fourth-order valence-electron chi connectivity index (χ4n) is 2.83. The van der Waals surface area contributed by atoms with Crippen molar-refractivity contribution in [3.05, 3.63) is 35.9 Å². The summed E-state index contributed by atoms with van der Waals surface area (Å²) < 4.78 is 4.54. The smallest absolute Gasteiger partial charge is 0.306 e. The molecule has 0 aliphatic carbocycles. The first-order valence-corrected chi connectivity index (χ1v) is 7.43. The minimum absolute atomic E-state index is 0.0509. The van der Waals surface area contributed by atoms with Crippen LogP contribution in [0.4, 0.5) is 0 Å². The highest BCUT2D eigenvalue weighted by atomic mass is 16.5. The molecule has 0 bridgehead atoms. The molecule has 5 heteroatoms. The van der Waals surface area contributed by atoms with Crippen LogP contribution >= 0.6 is 0 Å². The second-order valence-corrected chi connectivity index (χ2v) is 5.52. The van der Waals surface area contributed by atoms with Gasteiger partial charge in [0.15, 0.2) is 0 Å². The lowest BCUT2D eigenvalue weighted by Crippen LogP contribution is -2.44. The summed E-state index contributed by atoms with van der Waals surface area (Å²) in [5.41, 5.74) is 0.500. The van der Waals surface area contributed by atoms with E-state index in [4.69, 9.17) is 0 Å². The summed E-state index contributed by atoms with van der Waals surface area (Å²) in [5, 5.41) is 9.61. The second kappa shape index (κ2) is 7.08.